The van der Waals surface area contributed by atoms with E-state index >= 15 is 0 Å². The Balaban J connectivity index is 1.92. The summed E-state index contributed by atoms with van der Waals surface area (Å²) >= 11 is 4.94. The number of hydrogen-bond donors (Lipinski definition) is 0. The van der Waals surface area contributed by atoms with E-state index in [2.05, 4.69) is 22.0 Å². The molecule has 0 aliphatic heterocycles. The maximum atomic E-state index is 13.1. The molecule has 144 valence electrons. The highest BCUT2D eigenvalue weighted by atomic mass is 79.9. The second kappa shape index (κ2) is 9.87. The van der Waals surface area contributed by atoms with Gasteiger partial charge >= 0.3 is 0 Å². The van der Waals surface area contributed by atoms with Gasteiger partial charge in [-0.1, -0.05) is 39.8 Å². The fraction of sp³-hybridized carbons (Fsp3) is 0.286. The van der Waals surface area contributed by atoms with Crippen molar-refractivity contribution in [3.63, 3.8) is 0 Å². The van der Waals surface area contributed by atoms with E-state index in [4.69, 9.17) is 15.0 Å². The van der Waals surface area contributed by atoms with E-state index in [0.29, 0.717) is 47.1 Å². The molecule has 28 heavy (non-hydrogen) atoms. The summed E-state index contributed by atoms with van der Waals surface area (Å²) in [6.07, 6.45) is 0.742. The molecule has 0 saturated carbocycles. The van der Waals surface area contributed by atoms with Gasteiger partial charge in [-0.2, -0.15) is 5.26 Å². The van der Waals surface area contributed by atoms with Gasteiger partial charge in [0.15, 0.2) is 5.16 Å². The average molecular weight is 458 g/mol. The zero-order chi connectivity index (χ0) is 19.9. The molecule has 1 aromatic heterocycles. The number of rotatable bonds is 8. The monoisotopic (exact) mass is 457 g/mol. The third-order valence-corrected chi connectivity index (χ3v) is 5.72. The lowest BCUT2D eigenvalue weighted by molar-refractivity contribution is 0.140. The molecule has 0 unspecified atom stereocenters. The number of hydrogen-bond acceptors (Lipinski definition) is 5. The number of fused-ring (bicyclic) bond motifs is 1. The molecule has 2 aromatic carbocycles. The van der Waals surface area contributed by atoms with E-state index in [1.54, 1.807) is 10.6 Å². The first kappa shape index (κ1) is 20.6. The van der Waals surface area contributed by atoms with Gasteiger partial charge in [0.25, 0.3) is 5.56 Å². The lowest BCUT2D eigenvalue weighted by Crippen LogP contribution is -2.24. The van der Waals surface area contributed by atoms with Crippen molar-refractivity contribution in [2.45, 2.75) is 30.8 Å². The number of halogens is 1. The van der Waals surface area contributed by atoms with Crippen molar-refractivity contribution in [1.82, 2.24) is 9.55 Å². The zero-order valence-electron chi connectivity index (χ0n) is 15.5. The molecule has 3 rings (SSSR count). The van der Waals surface area contributed by atoms with Crippen molar-refractivity contribution < 1.29 is 4.74 Å². The molecule has 0 aliphatic rings. The van der Waals surface area contributed by atoms with Crippen LogP contribution >= 0.6 is 27.7 Å². The molecule has 0 spiro atoms. The van der Waals surface area contributed by atoms with Crippen LogP contribution in [-0.2, 0) is 17.0 Å². The zero-order valence-corrected chi connectivity index (χ0v) is 17.9. The summed E-state index contributed by atoms with van der Waals surface area (Å²) in [4.78, 5) is 17.8. The Hall–Kier alpha value is -2.14. The van der Waals surface area contributed by atoms with E-state index < -0.39 is 0 Å². The van der Waals surface area contributed by atoms with Crippen molar-refractivity contribution in [2.75, 3.05) is 13.2 Å². The van der Waals surface area contributed by atoms with Gasteiger partial charge in [-0.25, -0.2) is 4.98 Å². The van der Waals surface area contributed by atoms with Crippen molar-refractivity contribution in [2.24, 2.45) is 0 Å². The van der Waals surface area contributed by atoms with Crippen molar-refractivity contribution in [3.8, 4) is 6.07 Å². The molecule has 3 aromatic rings. The summed E-state index contributed by atoms with van der Waals surface area (Å²) in [5.41, 5.74) is 2.29. The summed E-state index contributed by atoms with van der Waals surface area (Å²) in [6.45, 7) is 3.77. The number of thioether (sulfide) groups is 1. The van der Waals surface area contributed by atoms with Crippen LogP contribution in [-0.4, -0.2) is 22.8 Å². The smallest absolute Gasteiger partial charge is 0.262 e. The highest BCUT2D eigenvalue weighted by molar-refractivity contribution is 9.10. The number of benzene rings is 2. The fourth-order valence-corrected chi connectivity index (χ4v) is 4.16. The highest BCUT2D eigenvalue weighted by Crippen LogP contribution is 2.24. The van der Waals surface area contributed by atoms with Crippen LogP contribution < -0.4 is 5.56 Å². The predicted molar refractivity (Wildman–Crippen MR) is 116 cm³/mol. The summed E-state index contributed by atoms with van der Waals surface area (Å²) in [5.74, 6) is 0.634. The lowest BCUT2D eigenvalue weighted by Gasteiger charge is -2.13. The summed E-state index contributed by atoms with van der Waals surface area (Å²) in [6, 6.07) is 15.2. The molecule has 1 heterocycles. The first-order valence-corrected chi connectivity index (χ1v) is 10.8. The van der Waals surface area contributed by atoms with Gasteiger partial charge in [0.2, 0.25) is 0 Å². The first-order chi connectivity index (χ1) is 13.6. The minimum atomic E-state index is -0.0453. The second-order valence-corrected chi connectivity index (χ2v) is 8.02. The standard InChI is InChI=1S/C21H20BrN3O2S/c1-2-27-10-4-9-25-20(26)18-12-17(22)7-8-19(18)24-21(25)28-14-16-6-3-5-15(11-16)13-23/h3,5-8,11-12H,2,4,9-10,14H2,1H3. The molecular formula is C21H20BrN3O2S. The van der Waals surface area contributed by atoms with Gasteiger partial charge in [0.1, 0.15) is 0 Å². The molecule has 7 heteroatoms. The molecule has 0 atom stereocenters. The normalized spacial score (nSPS) is 10.9. The quantitative estimate of drug-likeness (QED) is 0.277. The minimum absolute atomic E-state index is 0.0453. The maximum Gasteiger partial charge on any atom is 0.262 e. The van der Waals surface area contributed by atoms with E-state index in [1.165, 1.54) is 11.8 Å². The topological polar surface area (TPSA) is 67.9 Å². The molecule has 0 bridgehead atoms. The molecule has 0 radical (unpaired) electrons. The van der Waals surface area contributed by atoms with Crippen LogP contribution in [0.4, 0.5) is 0 Å². The van der Waals surface area contributed by atoms with Gasteiger partial charge in [-0.05, 0) is 49.2 Å². The third kappa shape index (κ3) is 5.02. The van der Waals surface area contributed by atoms with Crippen LogP contribution in [0.2, 0.25) is 0 Å². The molecule has 0 saturated heterocycles. The Labute approximate surface area is 176 Å². The van der Waals surface area contributed by atoms with Crippen LogP contribution in [0.5, 0.6) is 0 Å². The number of nitrogens with zero attached hydrogens (tertiary/aromatic N) is 3. The molecule has 0 N–H and O–H groups in total. The van der Waals surface area contributed by atoms with Crippen molar-refractivity contribution in [3.05, 3.63) is 68.4 Å². The minimum Gasteiger partial charge on any atom is -0.382 e. The van der Waals surface area contributed by atoms with E-state index in [1.807, 2.05) is 43.3 Å². The number of nitriles is 1. The van der Waals surface area contributed by atoms with Gasteiger partial charge in [0.05, 0.1) is 22.5 Å². The summed E-state index contributed by atoms with van der Waals surface area (Å²) in [7, 11) is 0. The highest BCUT2D eigenvalue weighted by Gasteiger charge is 2.12. The van der Waals surface area contributed by atoms with Crippen molar-refractivity contribution >= 4 is 38.6 Å². The van der Waals surface area contributed by atoms with Gasteiger partial charge < -0.3 is 4.74 Å². The van der Waals surface area contributed by atoms with Gasteiger partial charge in [0, 0.05) is 30.0 Å². The van der Waals surface area contributed by atoms with Crippen LogP contribution in [0.25, 0.3) is 10.9 Å². The van der Waals surface area contributed by atoms with E-state index in [9.17, 15) is 4.79 Å². The van der Waals surface area contributed by atoms with Crippen LogP contribution in [0.3, 0.4) is 0 Å². The Morgan fingerprint density at radius 1 is 1.29 bits per heavy atom. The van der Waals surface area contributed by atoms with E-state index in [0.717, 1.165) is 16.5 Å². The van der Waals surface area contributed by atoms with Crippen LogP contribution in [0, 0.1) is 11.3 Å². The summed E-state index contributed by atoms with van der Waals surface area (Å²) < 4.78 is 8.00. The Morgan fingerprint density at radius 3 is 2.93 bits per heavy atom. The van der Waals surface area contributed by atoms with Crippen molar-refractivity contribution in [1.29, 1.82) is 5.26 Å². The molecule has 5 nitrogen and oxygen atoms in total. The first-order valence-electron chi connectivity index (χ1n) is 9.02. The Kier molecular flexibility index (Phi) is 7.26. The third-order valence-electron chi connectivity index (χ3n) is 4.18. The maximum absolute atomic E-state index is 13.1. The molecule has 0 aliphatic carbocycles. The fourth-order valence-electron chi connectivity index (χ4n) is 2.83. The number of aromatic nitrogens is 2. The van der Waals surface area contributed by atoms with Crippen LogP contribution in [0.1, 0.15) is 24.5 Å². The molecule has 0 amide bonds. The predicted octanol–water partition coefficient (Wildman–Crippen LogP) is 4.75. The average Bonchev–Trinajstić information content (AvgIpc) is 2.71. The molecule has 0 fully saturated rings. The largest absolute Gasteiger partial charge is 0.382 e. The lowest BCUT2D eigenvalue weighted by atomic mass is 10.2. The summed E-state index contributed by atoms with van der Waals surface area (Å²) in [5, 5.41) is 10.4. The molecular weight excluding hydrogens is 438 g/mol. The van der Waals surface area contributed by atoms with Gasteiger partial charge in [-0.15, -0.1) is 0 Å². The van der Waals surface area contributed by atoms with Crippen LogP contribution in [0.15, 0.2) is 56.9 Å². The second-order valence-electron chi connectivity index (χ2n) is 6.16. The SMILES string of the molecule is CCOCCCn1c(SCc2cccc(C#N)c2)nc2ccc(Br)cc2c1=O. The van der Waals surface area contributed by atoms with Gasteiger partial charge in [-0.3, -0.25) is 9.36 Å². The number of ether oxygens (including phenoxy) is 1. The van der Waals surface area contributed by atoms with E-state index in [-0.39, 0.29) is 5.56 Å². The Bertz CT molecular complexity index is 1080. The Morgan fingerprint density at radius 2 is 2.14 bits per heavy atom.